The number of imidazole rings is 1. The van der Waals surface area contributed by atoms with Gasteiger partial charge in [-0.05, 0) is 63.2 Å². The fourth-order valence-electron chi connectivity index (χ4n) is 4.16. The molecule has 10 heteroatoms. The number of likely N-dealkylation sites (tertiary alicyclic amines) is 1. The number of carbonyl (C=O) groups excluding carboxylic acids is 1. The van der Waals surface area contributed by atoms with Gasteiger partial charge in [-0.15, -0.1) is 0 Å². The van der Waals surface area contributed by atoms with Crippen LogP contribution in [-0.2, 0) is 22.6 Å². The van der Waals surface area contributed by atoms with Crippen molar-refractivity contribution < 1.29 is 23.7 Å². The van der Waals surface area contributed by atoms with Crippen molar-refractivity contribution in [3.05, 3.63) is 53.9 Å². The quantitative estimate of drug-likeness (QED) is 0.331. The van der Waals surface area contributed by atoms with Crippen molar-refractivity contribution in [2.75, 3.05) is 26.8 Å². The van der Waals surface area contributed by atoms with Gasteiger partial charge in [0.05, 0.1) is 24.2 Å². The third-order valence-corrected chi connectivity index (χ3v) is 5.95. The van der Waals surface area contributed by atoms with Gasteiger partial charge in [-0.1, -0.05) is 0 Å². The number of ether oxygens (including phenoxy) is 4. The number of hydrogen-bond donors (Lipinski definition) is 2. The van der Waals surface area contributed by atoms with Crippen LogP contribution >= 0.6 is 0 Å². The first-order valence-corrected chi connectivity index (χ1v) is 12.3. The summed E-state index contributed by atoms with van der Waals surface area (Å²) < 4.78 is 24.9. The highest BCUT2D eigenvalue weighted by Crippen LogP contribution is 2.24. The van der Waals surface area contributed by atoms with Crippen LogP contribution in [0.3, 0.4) is 0 Å². The van der Waals surface area contributed by atoms with Gasteiger partial charge in [-0.25, -0.2) is 9.78 Å². The minimum absolute atomic E-state index is 0.00334. The van der Waals surface area contributed by atoms with Crippen molar-refractivity contribution in [1.82, 2.24) is 14.5 Å². The predicted molar refractivity (Wildman–Crippen MR) is 140 cm³/mol. The molecule has 0 spiro atoms. The molecular formula is C27H35N5O5. The number of methoxy groups -OCH3 is 1. The fraction of sp³-hybridized carbons (Fsp3) is 0.444. The maximum atomic E-state index is 12.3. The van der Waals surface area contributed by atoms with Gasteiger partial charge < -0.3 is 34.1 Å². The molecule has 1 amide bonds. The number of amides is 1. The molecule has 0 saturated carbocycles. The van der Waals surface area contributed by atoms with E-state index >= 15 is 0 Å². The molecule has 10 nitrogen and oxygen atoms in total. The zero-order chi connectivity index (χ0) is 26.6. The number of nitrogens with one attached hydrogen (secondary N) is 1. The third-order valence-electron chi connectivity index (χ3n) is 5.95. The Morgan fingerprint density at radius 2 is 1.89 bits per heavy atom. The van der Waals surface area contributed by atoms with E-state index in [0.717, 1.165) is 23.3 Å². The van der Waals surface area contributed by atoms with E-state index in [9.17, 15) is 4.79 Å². The fourth-order valence-corrected chi connectivity index (χ4v) is 4.16. The molecule has 0 aliphatic carbocycles. The van der Waals surface area contributed by atoms with E-state index in [1.807, 2.05) is 63.2 Å². The van der Waals surface area contributed by atoms with Crippen LogP contribution in [0.4, 0.5) is 4.79 Å². The lowest BCUT2D eigenvalue weighted by atomic mass is 10.2. The largest absolute Gasteiger partial charge is 0.489 e. The summed E-state index contributed by atoms with van der Waals surface area (Å²) in [5.74, 6) is 2.15. The number of nitrogens with zero attached hydrogens (tertiary/aromatic N) is 3. The molecule has 0 bridgehead atoms. The van der Waals surface area contributed by atoms with Crippen molar-refractivity contribution >= 4 is 23.0 Å². The van der Waals surface area contributed by atoms with Gasteiger partial charge in [0, 0.05) is 32.2 Å². The van der Waals surface area contributed by atoms with Crippen molar-refractivity contribution in [3.8, 4) is 11.5 Å². The summed E-state index contributed by atoms with van der Waals surface area (Å²) in [6.07, 6.45) is 0.358. The highest BCUT2D eigenvalue weighted by atomic mass is 16.6. The van der Waals surface area contributed by atoms with E-state index < -0.39 is 5.60 Å². The Kier molecular flexibility index (Phi) is 7.87. The number of benzene rings is 2. The van der Waals surface area contributed by atoms with Crippen LogP contribution in [-0.4, -0.2) is 64.9 Å². The summed E-state index contributed by atoms with van der Waals surface area (Å²) in [5, 5.41) is 7.69. The lowest BCUT2D eigenvalue weighted by Crippen LogP contribution is -2.36. The normalized spacial score (nSPS) is 15.7. The monoisotopic (exact) mass is 509 g/mol. The van der Waals surface area contributed by atoms with Gasteiger partial charge in [-0.2, -0.15) is 0 Å². The molecule has 0 radical (unpaired) electrons. The van der Waals surface area contributed by atoms with Crippen LogP contribution in [0, 0.1) is 5.41 Å². The molecule has 3 aromatic rings. The Balaban J connectivity index is 1.37. The lowest BCUT2D eigenvalue weighted by Gasteiger charge is -2.24. The van der Waals surface area contributed by atoms with Crippen LogP contribution in [0.2, 0.25) is 0 Å². The summed E-state index contributed by atoms with van der Waals surface area (Å²) >= 11 is 0. The molecule has 198 valence electrons. The van der Waals surface area contributed by atoms with Gasteiger partial charge in [0.2, 0.25) is 0 Å². The summed E-state index contributed by atoms with van der Waals surface area (Å²) in [6.45, 7) is 8.11. The number of amidine groups is 1. The van der Waals surface area contributed by atoms with Crippen LogP contribution in [0.1, 0.15) is 38.6 Å². The van der Waals surface area contributed by atoms with Crippen LogP contribution in [0.15, 0.2) is 42.5 Å². The first-order chi connectivity index (χ1) is 17.6. The number of fused-ring (bicyclic) bond motifs is 1. The minimum Gasteiger partial charge on any atom is -0.489 e. The summed E-state index contributed by atoms with van der Waals surface area (Å²) in [5.41, 5.74) is 7.44. The van der Waals surface area contributed by atoms with Crippen LogP contribution in [0.5, 0.6) is 11.5 Å². The molecule has 1 saturated heterocycles. The predicted octanol–water partition coefficient (Wildman–Crippen LogP) is 3.93. The first kappa shape index (κ1) is 26.3. The Morgan fingerprint density at radius 3 is 2.57 bits per heavy atom. The first-order valence-electron chi connectivity index (χ1n) is 12.3. The molecule has 1 atom stereocenters. The van der Waals surface area contributed by atoms with Gasteiger partial charge in [0.15, 0.2) is 0 Å². The molecule has 1 aliphatic rings. The minimum atomic E-state index is -0.517. The summed E-state index contributed by atoms with van der Waals surface area (Å²) in [7, 11) is 1.66. The smallest absolute Gasteiger partial charge is 0.410 e. The number of carbonyl (C=O) groups is 1. The Labute approximate surface area is 216 Å². The zero-order valence-electron chi connectivity index (χ0n) is 21.8. The van der Waals surface area contributed by atoms with E-state index in [0.29, 0.717) is 43.3 Å². The number of aromatic nitrogens is 2. The summed E-state index contributed by atoms with van der Waals surface area (Å²) in [6, 6.07) is 13.0. The standard InChI is InChI=1S/C27H35N5O5/c1-27(2,3)37-26(33)31-12-11-21(16-31)36-20-8-6-19(7-9-20)35-17-24-30-22-15-18(25(28)29)5-10-23(22)32(24)13-14-34-4/h5-10,15,21H,11-14,16-17H2,1-4H3,(H3,28,29). The number of nitrogen functional groups attached to an aromatic ring is 1. The van der Waals surface area contributed by atoms with Gasteiger partial charge in [0.25, 0.3) is 0 Å². The van der Waals surface area contributed by atoms with Gasteiger partial charge >= 0.3 is 6.09 Å². The average Bonchev–Trinajstić information content (AvgIpc) is 3.45. The van der Waals surface area contributed by atoms with E-state index in [1.165, 1.54) is 0 Å². The summed E-state index contributed by atoms with van der Waals surface area (Å²) in [4.78, 5) is 18.7. The molecule has 3 N–H and O–H groups in total. The van der Waals surface area contributed by atoms with Crippen LogP contribution in [0.25, 0.3) is 11.0 Å². The SMILES string of the molecule is COCCn1c(COc2ccc(OC3CCN(C(=O)OC(C)(C)C)C3)cc2)nc2cc(C(=N)N)ccc21. The molecule has 2 heterocycles. The maximum Gasteiger partial charge on any atom is 0.410 e. The Bertz CT molecular complexity index is 1250. The molecule has 37 heavy (non-hydrogen) atoms. The van der Waals surface area contributed by atoms with Crippen molar-refractivity contribution in [2.24, 2.45) is 5.73 Å². The number of nitrogens with two attached hydrogens (primary N) is 1. The van der Waals surface area contributed by atoms with Gasteiger partial charge in [-0.3, -0.25) is 5.41 Å². The van der Waals surface area contributed by atoms with Crippen LogP contribution < -0.4 is 15.2 Å². The second kappa shape index (κ2) is 11.1. The van der Waals surface area contributed by atoms with E-state index in [2.05, 4.69) is 4.57 Å². The number of hydrogen-bond acceptors (Lipinski definition) is 7. The van der Waals surface area contributed by atoms with E-state index in [-0.39, 0.29) is 24.6 Å². The Hall–Kier alpha value is -3.79. The molecule has 2 aromatic carbocycles. The van der Waals surface area contributed by atoms with Crippen molar-refractivity contribution in [1.29, 1.82) is 5.41 Å². The third kappa shape index (κ3) is 6.71. The van der Waals surface area contributed by atoms with Crippen molar-refractivity contribution in [3.63, 3.8) is 0 Å². The average molecular weight is 510 g/mol. The van der Waals surface area contributed by atoms with Crippen molar-refractivity contribution in [2.45, 2.75) is 52.0 Å². The Morgan fingerprint density at radius 1 is 1.16 bits per heavy atom. The zero-order valence-corrected chi connectivity index (χ0v) is 21.8. The highest BCUT2D eigenvalue weighted by Gasteiger charge is 2.30. The van der Waals surface area contributed by atoms with E-state index in [4.69, 9.17) is 35.1 Å². The van der Waals surface area contributed by atoms with E-state index in [1.54, 1.807) is 12.0 Å². The molecular weight excluding hydrogens is 474 g/mol. The lowest BCUT2D eigenvalue weighted by molar-refractivity contribution is 0.0275. The molecule has 4 rings (SSSR count). The molecule has 1 aliphatic heterocycles. The van der Waals surface area contributed by atoms with Gasteiger partial charge in [0.1, 0.15) is 41.5 Å². The second-order valence-corrected chi connectivity index (χ2v) is 10.0. The second-order valence-electron chi connectivity index (χ2n) is 10.0. The maximum absolute atomic E-state index is 12.3. The molecule has 1 fully saturated rings. The molecule has 1 aromatic heterocycles. The molecule has 1 unspecified atom stereocenters. The topological polar surface area (TPSA) is 125 Å². The number of rotatable bonds is 9. The highest BCUT2D eigenvalue weighted by molar-refractivity contribution is 5.98.